The SMILES string of the molecule is O=C(CCC1CCCO1)Nc1ccc(-n2cncn2)nc1. The van der Waals surface area contributed by atoms with E-state index in [4.69, 9.17) is 4.74 Å². The van der Waals surface area contributed by atoms with Gasteiger partial charge in [-0.2, -0.15) is 5.10 Å². The molecule has 1 fully saturated rings. The van der Waals surface area contributed by atoms with Crippen LogP contribution in [0.4, 0.5) is 5.69 Å². The first-order valence-electron chi connectivity index (χ1n) is 7.04. The van der Waals surface area contributed by atoms with Crippen LogP contribution in [0.25, 0.3) is 5.82 Å². The molecule has 0 aliphatic carbocycles. The fraction of sp³-hybridized carbons (Fsp3) is 0.429. The number of carbonyl (C=O) groups is 1. The number of pyridine rings is 1. The minimum Gasteiger partial charge on any atom is -0.378 e. The van der Waals surface area contributed by atoms with Crippen LogP contribution in [0.5, 0.6) is 0 Å². The molecule has 0 bridgehead atoms. The molecular weight excluding hydrogens is 270 g/mol. The second-order valence-electron chi connectivity index (χ2n) is 4.97. The van der Waals surface area contributed by atoms with Crippen molar-refractivity contribution < 1.29 is 9.53 Å². The topological polar surface area (TPSA) is 81.9 Å². The summed E-state index contributed by atoms with van der Waals surface area (Å²) in [5.41, 5.74) is 0.677. The van der Waals surface area contributed by atoms with Crippen molar-refractivity contribution in [2.45, 2.75) is 31.8 Å². The Morgan fingerprint density at radius 3 is 3.10 bits per heavy atom. The lowest BCUT2D eigenvalue weighted by molar-refractivity contribution is -0.116. The summed E-state index contributed by atoms with van der Waals surface area (Å²) >= 11 is 0. The first-order chi connectivity index (χ1) is 10.3. The van der Waals surface area contributed by atoms with Crippen LogP contribution in [-0.2, 0) is 9.53 Å². The molecule has 1 atom stereocenters. The zero-order chi connectivity index (χ0) is 14.5. The Kier molecular flexibility index (Phi) is 4.20. The lowest BCUT2D eigenvalue weighted by atomic mass is 10.1. The normalized spacial score (nSPS) is 17.8. The Balaban J connectivity index is 1.51. The molecule has 0 spiro atoms. The number of hydrogen-bond acceptors (Lipinski definition) is 5. The molecule has 1 aliphatic rings. The Bertz CT molecular complexity index is 576. The smallest absolute Gasteiger partial charge is 0.224 e. The lowest BCUT2D eigenvalue weighted by Crippen LogP contribution is -2.15. The number of hydrogen-bond donors (Lipinski definition) is 1. The van der Waals surface area contributed by atoms with Crippen molar-refractivity contribution in [2.24, 2.45) is 0 Å². The van der Waals surface area contributed by atoms with Crippen LogP contribution in [0.3, 0.4) is 0 Å². The quantitative estimate of drug-likeness (QED) is 0.902. The van der Waals surface area contributed by atoms with Crippen LogP contribution >= 0.6 is 0 Å². The van der Waals surface area contributed by atoms with Crippen LogP contribution in [0, 0.1) is 0 Å². The molecule has 110 valence electrons. The van der Waals surface area contributed by atoms with Crippen LogP contribution in [0.2, 0.25) is 0 Å². The van der Waals surface area contributed by atoms with Crippen molar-refractivity contribution in [3.8, 4) is 5.82 Å². The van der Waals surface area contributed by atoms with Gasteiger partial charge in [0.1, 0.15) is 12.7 Å². The van der Waals surface area contributed by atoms with Crippen LogP contribution < -0.4 is 5.32 Å². The van der Waals surface area contributed by atoms with Crippen molar-refractivity contribution in [1.29, 1.82) is 0 Å². The average Bonchev–Trinajstić information content (AvgIpc) is 3.19. The van der Waals surface area contributed by atoms with Gasteiger partial charge in [0.05, 0.1) is 18.0 Å². The van der Waals surface area contributed by atoms with E-state index >= 15 is 0 Å². The maximum atomic E-state index is 11.9. The van der Waals surface area contributed by atoms with E-state index in [0.29, 0.717) is 17.9 Å². The number of nitrogens with zero attached hydrogens (tertiary/aromatic N) is 4. The monoisotopic (exact) mass is 287 g/mol. The highest BCUT2D eigenvalue weighted by Gasteiger charge is 2.16. The number of aromatic nitrogens is 4. The third-order valence-corrected chi connectivity index (χ3v) is 3.40. The molecule has 1 N–H and O–H groups in total. The van der Waals surface area contributed by atoms with Gasteiger partial charge in [-0.05, 0) is 31.4 Å². The van der Waals surface area contributed by atoms with E-state index < -0.39 is 0 Å². The fourth-order valence-electron chi connectivity index (χ4n) is 2.31. The standard InChI is InChI=1S/C14H17N5O2/c20-14(6-4-12-2-1-7-21-12)18-11-3-5-13(16-8-11)19-10-15-9-17-19/h3,5,8-10,12H,1-2,4,6-7H2,(H,18,20). The largest absolute Gasteiger partial charge is 0.378 e. The second kappa shape index (κ2) is 6.45. The van der Waals surface area contributed by atoms with E-state index in [9.17, 15) is 4.79 Å². The predicted octanol–water partition coefficient (Wildman–Crippen LogP) is 1.56. The van der Waals surface area contributed by atoms with Gasteiger partial charge < -0.3 is 10.1 Å². The van der Waals surface area contributed by atoms with Crippen LogP contribution in [0.15, 0.2) is 31.0 Å². The molecule has 0 aromatic carbocycles. The Labute approximate surface area is 122 Å². The van der Waals surface area contributed by atoms with E-state index in [1.807, 2.05) is 0 Å². The zero-order valence-electron chi connectivity index (χ0n) is 11.6. The molecule has 3 heterocycles. The van der Waals surface area contributed by atoms with E-state index in [1.165, 1.54) is 6.33 Å². The van der Waals surface area contributed by atoms with E-state index in [2.05, 4.69) is 20.4 Å². The highest BCUT2D eigenvalue weighted by molar-refractivity contribution is 5.90. The maximum Gasteiger partial charge on any atom is 0.224 e. The number of nitrogens with one attached hydrogen (secondary N) is 1. The maximum absolute atomic E-state index is 11.9. The molecule has 21 heavy (non-hydrogen) atoms. The molecular formula is C14H17N5O2. The van der Waals surface area contributed by atoms with Gasteiger partial charge in [-0.3, -0.25) is 4.79 Å². The minimum absolute atomic E-state index is 0.0131. The first-order valence-corrected chi connectivity index (χ1v) is 7.04. The van der Waals surface area contributed by atoms with E-state index in [-0.39, 0.29) is 12.0 Å². The van der Waals surface area contributed by atoms with E-state index in [1.54, 1.807) is 29.3 Å². The van der Waals surface area contributed by atoms with Crippen molar-refractivity contribution in [3.05, 3.63) is 31.0 Å². The van der Waals surface area contributed by atoms with Gasteiger partial charge in [0.2, 0.25) is 5.91 Å². The molecule has 7 nitrogen and oxygen atoms in total. The summed E-state index contributed by atoms with van der Waals surface area (Å²) < 4.78 is 7.06. The van der Waals surface area contributed by atoms with Crippen LogP contribution in [-0.4, -0.2) is 38.4 Å². The Morgan fingerprint density at radius 1 is 1.48 bits per heavy atom. The van der Waals surface area contributed by atoms with Crippen molar-refractivity contribution in [1.82, 2.24) is 19.7 Å². The van der Waals surface area contributed by atoms with Gasteiger partial charge in [-0.15, -0.1) is 0 Å². The summed E-state index contributed by atoms with van der Waals surface area (Å²) in [5.74, 6) is 0.644. The van der Waals surface area contributed by atoms with Gasteiger partial charge in [0, 0.05) is 13.0 Å². The molecule has 7 heteroatoms. The highest BCUT2D eigenvalue weighted by Crippen LogP contribution is 2.17. The third kappa shape index (κ3) is 3.63. The van der Waals surface area contributed by atoms with Crippen molar-refractivity contribution in [3.63, 3.8) is 0 Å². The number of amides is 1. The zero-order valence-corrected chi connectivity index (χ0v) is 11.6. The molecule has 0 radical (unpaired) electrons. The molecule has 2 aromatic rings. The second-order valence-corrected chi connectivity index (χ2v) is 4.97. The molecule has 0 saturated carbocycles. The van der Waals surface area contributed by atoms with Crippen molar-refractivity contribution >= 4 is 11.6 Å². The van der Waals surface area contributed by atoms with Gasteiger partial charge in [0.15, 0.2) is 5.82 Å². The molecule has 1 amide bonds. The van der Waals surface area contributed by atoms with Gasteiger partial charge in [0.25, 0.3) is 0 Å². The Morgan fingerprint density at radius 2 is 2.43 bits per heavy atom. The average molecular weight is 287 g/mol. The number of carbonyl (C=O) groups excluding carboxylic acids is 1. The summed E-state index contributed by atoms with van der Waals surface area (Å²) in [6, 6.07) is 3.58. The van der Waals surface area contributed by atoms with E-state index in [0.717, 1.165) is 25.9 Å². The molecule has 1 saturated heterocycles. The summed E-state index contributed by atoms with van der Waals surface area (Å²) in [5, 5.41) is 6.83. The minimum atomic E-state index is -0.0131. The van der Waals surface area contributed by atoms with Gasteiger partial charge in [-0.1, -0.05) is 0 Å². The Hall–Kier alpha value is -2.28. The van der Waals surface area contributed by atoms with Crippen molar-refractivity contribution in [2.75, 3.05) is 11.9 Å². The lowest BCUT2D eigenvalue weighted by Gasteiger charge is -2.09. The molecule has 3 rings (SSSR count). The number of ether oxygens (including phenoxy) is 1. The predicted molar refractivity (Wildman–Crippen MR) is 76.0 cm³/mol. The fourth-order valence-corrected chi connectivity index (χ4v) is 2.31. The molecule has 1 unspecified atom stereocenters. The number of anilines is 1. The summed E-state index contributed by atoms with van der Waals surface area (Å²) in [6.07, 6.45) is 8.27. The van der Waals surface area contributed by atoms with Gasteiger partial charge in [-0.25, -0.2) is 14.6 Å². The summed E-state index contributed by atoms with van der Waals surface area (Å²) in [7, 11) is 0. The van der Waals surface area contributed by atoms with Gasteiger partial charge >= 0.3 is 0 Å². The van der Waals surface area contributed by atoms with Crippen LogP contribution in [0.1, 0.15) is 25.7 Å². The summed E-state index contributed by atoms with van der Waals surface area (Å²) in [4.78, 5) is 20.0. The highest BCUT2D eigenvalue weighted by atomic mass is 16.5. The third-order valence-electron chi connectivity index (χ3n) is 3.40. The summed E-state index contributed by atoms with van der Waals surface area (Å²) in [6.45, 7) is 0.819. The molecule has 2 aromatic heterocycles. The first kappa shape index (κ1) is 13.7. The number of rotatable bonds is 5. The molecule has 1 aliphatic heterocycles.